The first kappa shape index (κ1) is 53.2. The summed E-state index contributed by atoms with van der Waals surface area (Å²) in [6, 6.07) is 43.6. The van der Waals surface area contributed by atoms with E-state index in [0.29, 0.717) is 52.1 Å². The Bertz CT molecular complexity index is 2980. The number of carbonyl (C=O) groups excluding carboxylic acids is 4. The Labute approximate surface area is 443 Å². The third-order valence-electron chi connectivity index (χ3n) is 14.0. The molecule has 12 nitrogen and oxygen atoms in total. The lowest BCUT2D eigenvalue weighted by Crippen LogP contribution is -2.47. The maximum Gasteiger partial charge on any atom is 0.309 e. The molecular formula is C60H62Cl2N4O8. The maximum atomic E-state index is 13.7. The number of benzene rings is 6. The van der Waals surface area contributed by atoms with E-state index in [2.05, 4.69) is 0 Å². The van der Waals surface area contributed by atoms with Crippen molar-refractivity contribution in [2.75, 3.05) is 32.8 Å². The third kappa shape index (κ3) is 12.1. The van der Waals surface area contributed by atoms with Gasteiger partial charge in [0.15, 0.2) is 0 Å². The van der Waals surface area contributed by atoms with Crippen LogP contribution in [-0.2, 0) is 14.4 Å². The fourth-order valence-electron chi connectivity index (χ4n) is 9.73. The lowest BCUT2D eigenvalue weighted by molar-refractivity contribution is -0.147. The molecule has 0 aromatic heterocycles. The van der Waals surface area contributed by atoms with Crippen molar-refractivity contribution < 1.29 is 38.6 Å². The van der Waals surface area contributed by atoms with Crippen LogP contribution in [0.3, 0.4) is 0 Å². The molecule has 1 fully saturated rings. The first-order valence-corrected chi connectivity index (χ1v) is 25.8. The third-order valence-corrected chi connectivity index (χ3v) is 14.5. The molecule has 14 heteroatoms. The van der Waals surface area contributed by atoms with Crippen LogP contribution in [0.25, 0.3) is 0 Å². The molecule has 1 N–H and O–H groups in total. The summed E-state index contributed by atoms with van der Waals surface area (Å²) in [5.74, 6) is 0.820. The van der Waals surface area contributed by atoms with Gasteiger partial charge in [0, 0.05) is 69.9 Å². The number of halogens is 2. The number of carboxylic acid groups (broad SMARTS) is 1. The standard InChI is InChI=1S/C31H33ClN2O5.C29H29ClN2O3/c1-20-19-28(34(21(2)35)24-13-11-23(32)12-14-24)26-7-5-6-8-27(26)33(20)29(36)22-9-15-25(16-10-22)39-18-17-31(3,4)30(37)38;1-19-17-28(32(20(2)33)24-13-11-23(30)12-14-24)26-5-3-4-6-27(26)31(19)29(34)22-9-15-25(16-10-22)35-18-21-7-8-21/h5-16,20,28H,17-19H2,1-4H3,(H,37,38);3-6,9-16,19,21,28H,7-8,17-18H2,1-2H3/t20-,28+;19-,28+/m00/s1. The second-order valence-corrected chi connectivity index (χ2v) is 20.9. The minimum Gasteiger partial charge on any atom is -0.494 e. The smallest absolute Gasteiger partial charge is 0.309 e. The molecule has 0 radical (unpaired) electrons. The lowest BCUT2D eigenvalue weighted by Gasteiger charge is -2.43. The maximum absolute atomic E-state index is 13.7. The number of hydrogen-bond donors (Lipinski definition) is 1. The summed E-state index contributed by atoms with van der Waals surface area (Å²) in [7, 11) is 0. The van der Waals surface area contributed by atoms with Gasteiger partial charge >= 0.3 is 5.97 Å². The number of rotatable bonds is 14. The van der Waals surface area contributed by atoms with E-state index in [1.165, 1.54) is 12.8 Å². The van der Waals surface area contributed by atoms with Crippen LogP contribution in [-0.4, -0.2) is 60.0 Å². The zero-order valence-electron chi connectivity index (χ0n) is 42.5. The SMILES string of the molecule is CC(=O)N(c1ccc(Cl)cc1)[C@@H]1C[C@H](C)N(C(=O)c2ccc(OCC3CC3)cc2)c2ccccc21.CC(=O)N(c1ccc(Cl)cc1)[C@@H]1C[C@H](C)N(C(=O)c2ccc(OCCC(C)(C)C(=O)O)cc2)c2ccccc21. The summed E-state index contributed by atoms with van der Waals surface area (Å²) in [6.45, 7) is 11.5. The molecule has 6 aromatic carbocycles. The Balaban J connectivity index is 0.000000198. The van der Waals surface area contributed by atoms with Crippen LogP contribution in [0.1, 0.15) is 118 Å². The Morgan fingerprint density at radius 2 is 0.973 bits per heavy atom. The van der Waals surface area contributed by atoms with Crippen molar-refractivity contribution in [2.45, 2.75) is 97.8 Å². The first-order valence-electron chi connectivity index (χ1n) is 25.1. The van der Waals surface area contributed by atoms with Crippen molar-refractivity contribution >= 4 is 75.5 Å². The van der Waals surface area contributed by atoms with E-state index in [9.17, 15) is 29.1 Å². The predicted octanol–water partition coefficient (Wildman–Crippen LogP) is 13.4. The molecule has 4 atom stereocenters. The molecule has 0 spiro atoms. The van der Waals surface area contributed by atoms with Crippen LogP contribution in [0, 0.1) is 11.3 Å². The van der Waals surface area contributed by atoms with E-state index in [4.69, 9.17) is 32.7 Å². The number of carbonyl (C=O) groups is 5. The van der Waals surface area contributed by atoms with Crippen LogP contribution in [0.5, 0.6) is 11.5 Å². The number of ether oxygens (including phenoxy) is 2. The molecule has 4 amide bonds. The summed E-state index contributed by atoms with van der Waals surface area (Å²) in [4.78, 5) is 71.6. The van der Waals surface area contributed by atoms with Crippen molar-refractivity contribution in [1.29, 1.82) is 0 Å². The molecule has 0 saturated heterocycles. The lowest BCUT2D eigenvalue weighted by atomic mass is 9.89. The van der Waals surface area contributed by atoms with Gasteiger partial charge in [-0.1, -0.05) is 59.6 Å². The Morgan fingerprint density at radius 3 is 1.35 bits per heavy atom. The molecule has 6 aromatic rings. The second kappa shape index (κ2) is 22.9. The van der Waals surface area contributed by atoms with Crippen LogP contribution < -0.4 is 29.1 Å². The Morgan fingerprint density at radius 1 is 0.581 bits per heavy atom. The van der Waals surface area contributed by atoms with Crippen molar-refractivity contribution in [1.82, 2.24) is 0 Å². The summed E-state index contributed by atoms with van der Waals surface area (Å²) in [5, 5.41) is 10.5. The summed E-state index contributed by atoms with van der Waals surface area (Å²) in [5.41, 5.74) is 5.23. The highest BCUT2D eigenvalue weighted by Crippen LogP contribution is 2.45. The van der Waals surface area contributed by atoms with Gasteiger partial charge in [0.2, 0.25) is 11.8 Å². The van der Waals surface area contributed by atoms with E-state index >= 15 is 0 Å². The molecule has 1 saturated carbocycles. The van der Waals surface area contributed by atoms with E-state index < -0.39 is 11.4 Å². The number of aliphatic carboxylic acids is 1. The van der Waals surface area contributed by atoms with E-state index in [0.717, 1.165) is 46.2 Å². The monoisotopic (exact) mass is 1040 g/mol. The Hall–Kier alpha value is -7.15. The summed E-state index contributed by atoms with van der Waals surface area (Å²) >= 11 is 12.2. The summed E-state index contributed by atoms with van der Waals surface area (Å²) < 4.78 is 11.6. The summed E-state index contributed by atoms with van der Waals surface area (Å²) in [6.07, 6.45) is 4.02. The molecule has 0 bridgehead atoms. The van der Waals surface area contributed by atoms with Crippen LogP contribution in [0.4, 0.5) is 22.7 Å². The fourth-order valence-corrected chi connectivity index (χ4v) is 9.98. The van der Waals surface area contributed by atoms with Crippen molar-refractivity contribution in [3.05, 3.63) is 178 Å². The second-order valence-electron chi connectivity index (χ2n) is 20.0. The topological polar surface area (TPSA) is 137 Å². The van der Waals surface area contributed by atoms with Gasteiger partial charge in [-0.15, -0.1) is 0 Å². The number of carboxylic acids is 1. The van der Waals surface area contributed by atoms with Crippen molar-refractivity contribution in [3.63, 3.8) is 0 Å². The number of hydrogen-bond acceptors (Lipinski definition) is 7. The van der Waals surface area contributed by atoms with Crippen LogP contribution in [0.2, 0.25) is 10.0 Å². The number of fused-ring (bicyclic) bond motifs is 2. The minimum atomic E-state index is -0.878. The molecule has 2 heterocycles. The average Bonchev–Trinajstić information content (AvgIpc) is 4.23. The normalized spacial score (nSPS) is 17.9. The van der Waals surface area contributed by atoms with Gasteiger partial charge in [-0.25, -0.2) is 0 Å². The van der Waals surface area contributed by atoms with Gasteiger partial charge in [0.25, 0.3) is 11.8 Å². The van der Waals surface area contributed by atoms with Gasteiger partial charge in [0.1, 0.15) is 11.5 Å². The van der Waals surface area contributed by atoms with Crippen LogP contribution in [0.15, 0.2) is 146 Å². The van der Waals surface area contributed by atoms with E-state index in [1.54, 1.807) is 90.9 Å². The predicted molar refractivity (Wildman–Crippen MR) is 292 cm³/mol. The Kier molecular flexibility index (Phi) is 16.5. The molecule has 74 heavy (non-hydrogen) atoms. The molecule has 9 rings (SSSR count). The zero-order valence-corrected chi connectivity index (χ0v) is 44.1. The van der Waals surface area contributed by atoms with Crippen molar-refractivity contribution in [2.24, 2.45) is 11.3 Å². The highest BCUT2D eigenvalue weighted by Gasteiger charge is 2.40. The molecule has 0 unspecified atom stereocenters. The fraction of sp³-hybridized carbons (Fsp3) is 0.317. The molecule has 384 valence electrons. The van der Waals surface area contributed by atoms with Gasteiger partial charge in [0.05, 0.1) is 30.7 Å². The average molecular weight is 1040 g/mol. The van der Waals surface area contributed by atoms with Gasteiger partial charge in [-0.3, -0.25) is 24.0 Å². The van der Waals surface area contributed by atoms with Crippen molar-refractivity contribution in [3.8, 4) is 11.5 Å². The first-order chi connectivity index (χ1) is 35.4. The van der Waals surface area contributed by atoms with Gasteiger partial charge in [-0.05, 0) is 186 Å². The van der Waals surface area contributed by atoms with E-state index in [-0.39, 0.29) is 54.4 Å². The number of anilines is 4. The van der Waals surface area contributed by atoms with Gasteiger partial charge < -0.3 is 34.2 Å². The van der Waals surface area contributed by atoms with Gasteiger partial charge in [-0.2, -0.15) is 0 Å². The zero-order chi connectivity index (χ0) is 52.8. The number of nitrogens with zero attached hydrogens (tertiary/aromatic N) is 4. The highest BCUT2D eigenvalue weighted by molar-refractivity contribution is 6.31. The molecule has 2 aliphatic heterocycles. The number of amides is 4. The number of para-hydroxylation sites is 2. The highest BCUT2D eigenvalue weighted by atomic mass is 35.5. The van der Waals surface area contributed by atoms with Crippen LogP contribution >= 0.6 is 23.2 Å². The molecule has 3 aliphatic rings. The van der Waals surface area contributed by atoms with E-state index in [1.807, 2.05) is 116 Å². The minimum absolute atomic E-state index is 0.0547. The molecule has 1 aliphatic carbocycles. The molecular weight excluding hydrogens is 976 g/mol. The quantitative estimate of drug-likeness (QED) is 0.114. The largest absolute Gasteiger partial charge is 0.494 e.